The maximum absolute atomic E-state index is 13.2. The van der Waals surface area contributed by atoms with Crippen molar-refractivity contribution in [3.8, 4) is 22.9 Å². The van der Waals surface area contributed by atoms with Gasteiger partial charge in [-0.15, -0.1) is 5.10 Å². The summed E-state index contributed by atoms with van der Waals surface area (Å²) in [7, 11) is 0.189. The Bertz CT molecular complexity index is 1250. The molecule has 2 N–H and O–H groups in total. The maximum atomic E-state index is 13.2. The molecule has 0 radical (unpaired) electrons. The van der Waals surface area contributed by atoms with Crippen molar-refractivity contribution in [2.24, 2.45) is 7.05 Å². The quantitative estimate of drug-likeness (QED) is 0.496. The second kappa shape index (κ2) is 8.83. The molecule has 1 heterocycles. The second-order valence-corrected chi connectivity index (χ2v) is 7.89. The Morgan fingerprint density at radius 1 is 1.19 bits per heavy atom. The number of hydrogen-bond donors (Lipinski definition) is 2. The number of hydrogen-bond acceptors (Lipinski definition) is 8. The van der Waals surface area contributed by atoms with E-state index < -0.39 is 16.0 Å². The molecular weight excluding hydrogens is 426 g/mol. The average molecular weight is 445 g/mol. The van der Waals surface area contributed by atoms with Gasteiger partial charge in [0, 0.05) is 24.4 Å². The molecule has 0 unspecified atom stereocenters. The number of carbonyl (C=O) groups is 1. The Labute approximate surface area is 178 Å². The van der Waals surface area contributed by atoms with Crippen LogP contribution in [0.4, 0.5) is 5.69 Å². The summed E-state index contributed by atoms with van der Waals surface area (Å²) in [5.74, 6) is -0.598. The highest BCUT2D eigenvalue weighted by Gasteiger charge is 2.24. The van der Waals surface area contributed by atoms with E-state index in [1.54, 1.807) is 31.3 Å². The van der Waals surface area contributed by atoms with Crippen molar-refractivity contribution in [1.29, 1.82) is 0 Å². The molecule has 0 fully saturated rings. The van der Waals surface area contributed by atoms with Crippen molar-refractivity contribution >= 4 is 27.8 Å². The molecule has 2 aromatic carbocycles. The van der Waals surface area contributed by atoms with Crippen LogP contribution in [0, 0.1) is 0 Å². The number of ether oxygens (including phenoxy) is 2. The topological polar surface area (TPSA) is 146 Å². The fourth-order valence-corrected chi connectivity index (χ4v) is 4.09. The van der Waals surface area contributed by atoms with E-state index in [9.17, 15) is 13.2 Å². The Morgan fingerprint density at radius 3 is 2.58 bits per heavy atom. The molecule has 0 amide bonds. The van der Waals surface area contributed by atoms with Gasteiger partial charge in [-0.1, -0.05) is 12.1 Å². The Kier molecular flexibility index (Phi) is 6.20. The fraction of sp³-hybridized carbons (Fsp3) is 0.158. The van der Waals surface area contributed by atoms with E-state index in [0.717, 1.165) is 6.08 Å². The standard InChI is InChI=1S/C19H19N5O6S/c1-24-19(20-22-23-24)13-5-4-6-14(11-13)21-31(27,28)16-10-12(7-8-17(25)26)9-15(29-2)18(16)30-3/h4-11,21H,1-3H3,(H,25,26)/b8-7+. The van der Waals surface area contributed by atoms with Crippen LogP contribution in [0.3, 0.4) is 0 Å². The molecule has 0 atom stereocenters. The van der Waals surface area contributed by atoms with Gasteiger partial charge in [0.2, 0.25) is 0 Å². The molecular formula is C19H19N5O6S. The Morgan fingerprint density at radius 2 is 1.97 bits per heavy atom. The summed E-state index contributed by atoms with van der Waals surface area (Å²) in [4.78, 5) is 10.6. The molecule has 12 heteroatoms. The molecule has 162 valence electrons. The van der Waals surface area contributed by atoms with Crippen LogP contribution >= 0.6 is 0 Å². The van der Waals surface area contributed by atoms with Crippen LogP contribution < -0.4 is 14.2 Å². The van der Waals surface area contributed by atoms with Gasteiger partial charge in [-0.3, -0.25) is 4.72 Å². The highest BCUT2D eigenvalue weighted by atomic mass is 32.2. The number of aryl methyl sites for hydroxylation is 1. The zero-order valence-electron chi connectivity index (χ0n) is 16.8. The van der Waals surface area contributed by atoms with Gasteiger partial charge in [-0.2, -0.15) is 0 Å². The predicted molar refractivity (Wildman–Crippen MR) is 111 cm³/mol. The first-order chi connectivity index (χ1) is 14.7. The highest BCUT2D eigenvalue weighted by molar-refractivity contribution is 7.92. The van der Waals surface area contributed by atoms with Gasteiger partial charge >= 0.3 is 5.97 Å². The SMILES string of the molecule is COc1cc(/C=C/C(=O)O)cc(S(=O)(=O)Nc2cccc(-c3nnnn3C)c2)c1OC. The number of benzene rings is 2. The minimum absolute atomic E-state index is 0.0175. The number of tetrazole rings is 1. The van der Waals surface area contributed by atoms with Crippen LogP contribution in [0.25, 0.3) is 17.5 Å². The summed E-state index contributed by atoms with van der Waals surface area (Å²) in [6.07, 6.45) is 2.15. The number of sulfonamides is 1. The van der Waals surface area contributed by atoms with Gasteiger partial charge in [0.25, 0.3) is 10.0 Å². The Balaban J connectivity index is 2.04. The first kappa shape index (κ1) is 21.8. The van der Waals surface area contributed by atoms with Crippen LogP contribution in [0.5, 0.6) is 11.5 Å². The van der Waals surface area contributed by atoms with Crippen LogP contribution in [-0.4, -0.2) is 53.9 Å². The predicted octanol–water partition coefficient (Wildman–Crippen LogP) is 1.79. The van der Waals surface area contributed by atoms with E-state index in [2.05, 4.69) is 20.2 Å². The van der Waals surface area contributed by atoms with Gasteiger partial charge in [0.15, 0.2) is 17.3 Å². The number of anilines is 1. The zero-order valence-corrected chi connectivity index (χ0v) is 17.6. The average Bonchev–Trinajstić information content (AvgIpc) is 3.17. The third kappa shape index (κ3) is 4.80. The smallest absolute Gasteiger partial charge is 0.328 e. The van der Waals surface area contributed by atoms with Crippen molar-refractivity contribution in [1.82, 2.24) is 20.2 Å². The lowest BCUT2D eigenvalue weighted by molar-refractivity contribution is -0.131. The minimum atomic E-state index is -4.14. The maximum Gasteiger partial charge on any atom is 0.328 e. The highest BCUT2D eigenvalue weighted by Crippen LogP contribution is 2.37. The molecule has 0 aliphatic rings. The van der Waals surface area contributed by atoms with Gasteiger partial charge in [0.05, 0.1) is 14.2 Å². The Hall–Kier alpha value is -3.93. The summed E-state index contributed by atoms with van der Waals surface area (Å²) < 4.78 is 40.8. The minimum Gasteiger partial charge on any atom is -0.493 e. The number of aliphatic carboxylic acids is 1. The molecule has 0 saturated heterocycles. The van der Waals surface area contributed by atoms with Gasteiger partial charge in [0.1, 0.15) is 4.90 Å². The van der Waals surface area contributed by atoms with E-state index in [0.29, 0.717) is 17.0 Å². The molecule has 0 aliphatic carbocycles. The molecule has 0 spiro atoms. The molecule has 3 aromatic rings. The van der Waals surface area contributed by atoms with Gasteiger partial charge < -0.3 is 14.6 Å². The van der Waals surface area contributed by atoms with Gasteiger partial charge in [-0.25, -0.2) is 17.9 Å². The summed E-state index contributed by atoms with van der Waals surface area (Å²) in [6, 6.07) is 9.32. The van der Waals surface area contributed by atoms with E-state index in [-0.39, 0.29) is 22.1 Å². The molecule has 11 nitrogen and oxygen atoms in total. The van der Waals surface area contributed by atoms with E-state index in [1.807, 2.05) is 0 Å². The van der Waals surface area contributed by atoms with Crippen molar-refractivity contribution in [3.63, 3.8) is 0 Å². The summed E-state index contributed by atoms with van der Waals surface area (Å²) in [6.45, 7) is 0. The monoisotopic (exact) mass is 445 g/mol. The molecule has 0 aliphatic heterocycles. The number of aromatic nitrogens is 4. The first-order valence-corrected chi connectivity index (χ1v) is 10.3. The van der Waals surface area contributed by atoms with E-state index in [4.69, 9.17) is 14.6 Å². The third-order valence-corrected chi connectivity index (χ3v) is 5.55. The van der Waals surface area contributed by atoms with Crippen LogP contribution in [0.15, 0.2) is 47.4 Å². The van der Waals surface area contributed by atoms with E-state index in [1.165, 1.54) is 37.1 Å². The summed E-state index contributed by atoms with van der Waals surface area (Å²) in [5, 5.41) is 20.1. The lowest BCUT2D eigenvalue weighted by atomic mass is 10.2. The normalized spacial score (nSPS) is 11.5. The third-order valence-electron chi connectivity index (χ3n) is 4.17. The molecule has 1 aromatic heterocycles. The fourth-order valence-electron chi connectivity index (χ4n) is 2.82. The zero-order chi connectivity index (χ0) is 22.6. The summed E-state index contributed by atoms with van der Waals surface area (Å²) in [5.41, 5.74) is 1.18. The van der Waals surface area contributed by atoms with Crippen molar-refractivity contribution in [2.45, 2.75) is 4.90 Å². The first-order valence-electron chi connectivity index (χ1n) is 8.78. The lowest BCUT2D eigenvalue weighted by Gasteiger charge is -2.16. The number of nitrogens with one attached hydrogen (secondary N) is 1. The second-order valence-electron chi connectivity index (χ2n) is 6.24. The largest absolute Gasteiger partial charge is 0.493 e. The molecule has 0 saturated carbocycles. The lowest BCUT2D eigenvalue weighted by Crippen LogP contribution is -2.15. The van der Waals surface area contributed by atoms with Crippen LogP contribution in [-0.2, 0) is 21.9 Å². The van der Waals surface area contributed by atoms with E-state index >= 15 is 0 Å². The number of carboxylic acids is 1. The van der Waals surface area contributed by atoms with Crippen molar-refractivity contribution < 1.29 is 27.8 Å². The molecule has 0 bridgehead atoms. The van der Waals surface area contributed by atoms with Gasteiger partial charge in [-0.05, 0) is 46.3 Å². The van der Waals surface area contributed by atoms with Crippen molar-refractivity contribution in [3.05, 3.63) is 48.0 Å². The summed E-state index contributed by atoms with van der Waals surface area (Å²) >= 11 is 0. The van der Waals surface area contributed by atoms with Crippen LogP contribution in [0.1, 0.15) is 5.56 Å². The van der Waals surface area contributed by atoms with Crippen molar-refractivity contribution in [2.75, 3.05) is 18.9 Å². The number of methoxy groups -OCH3 is 2. The number of rotatable bonds is 8. The molecule has 31 heavy (non-hydrogen) atoms. The van der Waals surface area contributed by atoms with Crippen LogP contribution in [0.2, 0.25) is 0 Å². The number of carboxylic acid groups (broad SMARTS) is 1. The molecule has 3 rings (SSSR count). The number of nitrogens with zero attached hydrogens (tertiary/aromatic N) is 4.